The van der Waals surface area contributed by atoms with E-state index < -0.39 is 0 Å². The van der Waals surface area contributed by atoms with Crippen molar-refractivity contribution >= 4 is 27.7 Å². The van der Waals surface area contributed by atoms with Crippen molar-refractivity contribution in [1.29, 1.82) is 5.26 Å². The summed E-state index contributed by atoms with van der Waals surface area (Å²) in [6.07, 6.45) is 1.73. The highest BCUT2D eigenvalue weighted by molar-refractivity contribution is 9.10. The van der Waals surface area contributed by atoms with E-state index in [1.165, 1.54) is 0 Å². The van der Waals surface area contributed by atoms with E-state index in [0.717, 1.165) is 15.3 Å². The molecule has 0 spiro atoms. The standard InChI is InChI=1S/C11H13BrN2S/c1-11(2,3)7-15-10-8(5-13)4-9(12)6-14-10/h4,6H,7H2,1-3H3. The van der Waals surface area contributed by atoms with Gasteiger partial charge < -0.3 is 0 Å². The van der Waals surface area contributed by atoms with Gasteiger partial charge in [-0.05, 0) is 27.4 Å². The maximum Gasteiger partial charge on any atom is 0.114 e. The molecule has 1 aromatic heterocycles. The average Bonchev–Trinajstić information content (AvgIpc) is 2.14. The summed E-state index contributed by atoms with van der Waals surface area (Å²) in [7, 11) is 0. The van der Waals surface area contributed by atoms with Crippen LogP contribution in [0.2, 0.25) is 0 Å². The molecule has 0 radical (unpaired) electrons. The lowest BCUT2D eigenvalue weighted by Crippen LogP contribution is -2.08. The summed E-state index contributed by atoms with van der Waals surface area (Å²) in [4.78, 5) is 4.25. The number of nitriles is 1. The zero-order valence-electron chi connectivity index (χ0n) is 9.04. The lowest BCUT2D eigenvalue weighted by Gasteiger charge is -2.17. The lowest BCUT2D eigenvalue weighted by molar-refractivity contribution is 0.480. The van der Waals surface area contributed by atoms with E-state index in [1.54, 1.807) is 24.0 Å². The first kappa shape index (κ1) is 12.5. The van der Waals surface area contributed by atoms with E-state index in [9.17, 15) is 0 Å². The fourth-order valence-corrected chi connectivity index (χ4v) is 2.20. The lowest BCUT2D eigenvalue weighted by atomic mass is 10.0. The summed E-state index contributed by atoms with van der Waals surface area (Å²) in [5.41, 5.74) is 0.880. The largest absolute Gasteiger partial charge is 0.247 e. The summed E-state index contributed by atoms with van der Waals surface area (Å²) >= 11 is 4.94. The van der Waals surface area contributed by atoms with Crippen LogP contribution in [0.15, 0.2) is 21.8 Å². The highest BCUT2D eigenvalue weighted by atomic mass is 79.9. The van der Waals surface area contributed by atoms with Gasteiger partial charge in [-0.3, -0.25) is 0 Å². The summed E-state index contributed by atoms with van der Waals surface area (Å²) in [6.45, 7) is 6.51. The molecule has 1 aromatic rings. The molecule has 0 saturated carbocycles. The SMILES string of the molecule is CC(C)(C)CSc1ncc(Br)cc1C#N. The van der Waals surface area contributed by atoms with Gasteiger partial charge in [-0.25, -0.2) is 4.98 Å². The van der Waals surface area contributed by atoms with Crippen LogP contribution in [-0.2, 0) is 0 Å². The van der Waals surface area contributed by atoms with Gasteiger partial charge in [-0.15, -0.1) is 11.8 Å². The molecule has 0 aliphatic rings. The van der Waals surface area contributed by atoms with Crippen LogP contribution in [0.3, 0.4) is 0 Å². The van der Waals surface area contributed by atoms with Gasteiger partial charge in [0.1, 0.15) is 11.1 Å². The van der Waals surface area contributed by atoms with Crippen molar-refractivity contribution in [3.8, 4) is 6.07 Å². The van der Waals surface area contributed by atoms with Crippen LogP contribution < -0.4 is 0 Å². The van der Waals surface area contributed by atoms with Gasteiger partial charge in [0.25, 0.3) is 0 Å². The Kier molecular flexibility index (Phi) is 4.18. The Bertz CT molecular complexity index is 391. The van der Waals surface area contributed by atoms with Crippen molar-refractivity contribution in [2.24, 2.45) is 5.41 Å². The predicted octanol–water partition coefficient (Wildman–Crippen LogP) is 3.85. The van der Waals surface area contributed by atoms with Crippen LogP contribution in [0.4, 0.5) is 0 Å². The van der Waals surface area contributed by atoms with Crippen molar-refractivity contribution in [2.45, 2.75) is 25.8 Å². The van der Waals surface area contributed by atoms with Crippen LogP contribution in [0, 0.1) is 16.7 Å². The second-order valence-electron chi connectivity index (χ2n) is 4.47. The number of nitrogens with zero attached hydrogens (tertiary/aromatic N) is 2. The van der Waals surface area contributed by atoms with Gasteiger partial charge >= 0.3 is 0 Å². The van der Waals surface area contributed by atoms with Crippen LogP contribution in [0.25, 0.3) is 0 Å². The molecule has 15 heavy (non-hydrogen) atoms. The minimum absolute atomic E-state index is 0.242. The molecule has 0 aliphatic carbocycles. The van der Waals surface area contributed by atoms with Crippen LogP contribution in [-0.4, -0.2) is 10.7 Å². The van der Waals surface area contributed by atoms with Crippen molar-refractivity contribution < 1.29 is 0 Å². The van der Waals surface area contributed by atoms with E-state index in [-0.39, 0.29) is 5.41 Å². The third-order valence-electron chi connectivity index (χ3n) is 1.58. The molecule has 4 heteroatoms. The zero-order valence-corrected chi connectivity index (χ0v) is 11.4. The number of hydrogen-bond donors (Lipinski definition) is 0. The Morgan fingerprint density at radius 2 is 2.20 bits per heavy atom. The maximum absolute atomic E-state index is 8.95. The van der Waals surface area contributed by atoms with Crippen LogP contribution in [0.1, 0.15) is 26.3 Å². The minimum Gasteiger partial charge on any atom is -0.247 e. The Morgan fingerprint density at radius 3 is 2.73 bits per heavy atom. The Labute approximate surface area is 103 Å². The van der Waals surface area contributed by atoms with Crippen LogP contribution in [0.5, 0.6) is 0 Å². The number of aromatic nitrogens is 1. The average molecular weight is 285 g/mol. The molecule has 0 amide bonds. The third-order valence-corrected chi connectivity index (χ3v) is 3.62. The molecule has 2 nitrogen and oxygen atoms in total. The Hall–Kier alpha value is -0.530. The van der Waals surface area contributed by atoms with Gasteiger partial charge in [0, 0.05) is 16.4 Å². The van der Waals surface area contributed by atoms with Crippen molar-refractivity contribution in [2.75, 3.05) is 5.75 Å². The van der Waals surface area contributed by atoms with Gasteiger partial charge in [0.05, 0.1) is 5.56 Å². The molecule has 80 valence electrons. The molecule has 0 fully saturated rings. The first-order valence-electron chi connectivity index (χ1n) is 4.61. The minimum atomic E-state index is 0.242. The van der Waals surface area contributed by atoms with E-state index in [2.05, 4.69) is 47.8 Å². The molecule has 0 unspecified atom stereocenters. The first-order valence-corrected chi connectivity index (χ1v) is 6.39. The van der Waals surface area contributed by atoms with E-state index >= 15 is 0 Å². The predicted molar refractivity (Wildman–Crippen MR) is 66.8 cm³/mol. The fourth-order valence-electron chi connectivity index (χ4n) is 0.907. The first-order chi connectivity index (χ1) is 6.92. The molecule has 0 N–H and O–H groups in total. The highest BCUT2D eigenvalue weighted by Gasteiger charge is 2.13. The molecule has 0 bridgehead atoms. The summed E-state index contributed by atoms with van der Waals surface area (Å²) in [6, 6.07) is 3.96. The van der Waals surface area contributed by atoms with Crippen LogP contribution >= 0.6 is 27.7 Å². The van der Waals surface area contributed by atoms with Crippen molar-refractivity contribution in [3.63, 3.8) is 0 Å². The molecule has 1 heterocycles. The maximum atomic E-state index is 8.95. The van der Waals surface area contributed by atoms with Gasteiger partial charge in [0.2, 0.25) is 0 Å². The number of thioether (sulfide) groups is 1. The summed E-state index contributed by atoms with van der Waals surface area (Å²) < 4.78 is 0.846. The molecule has 0 saturated heterocycles. The van der Waals surface area contributed by atoms with E-state index in [1.807, 2.05) is 0 Å². The van der Waals surface area contributed by atoms with Crippen molar-refractivity contribution in [3.05, 3.63) is 22.3 Å². The summed E-state index contributed by atoms with van der Waals surface area (Å²) in [5, 5.41) is 9.76. The molecular weight excluding hydrogens is 272 g/mol. The topological polar surface area (TPSA) is 36.7 Å². The Morgan fingerprint density at radius 1 is 1.53 bits per heavy atom. The molecule has 0 aliphatic heterocycles. The van der Waals surface area contributed by atoms with E-state index in [4.69, 9.17) is 5.26 Å². The van der Waals surface area contributed by atoms with Crippen molar-refractivity contribution in [1.82, 2.24) is 4.98 Å². The second-order valence-corrected chi connectivity index (χ2v) is 6.35. The third kappa shape index (κ3) is 4.23. The molecule has 1 rings (SSSR count). The summed E-state index contributed by atoms with van der Waals surface area (Å²) in [5.74, 6) is 0.955. The monoisotopic (exact) mass is 284 g/mol. The normalized spacial score (nSPS) is 11.1. The quantitative estimate of drug-likeness (QED) is 0.774. The fraction of sp³-hybridized carbons (Fsp3) is 0.455. The molecule has 0 atom stereocenters. The number of rotatable bonds is 2. The highest BCUT2D eigenvalue weighted by Crippen LogP contribution is 2.28. The second kappa shape index (κ2) is 5.00. The molecule has 0 aromatic carbocycles. The number of halogens is 1. The van der Waals surface area contributed by atoms with Gasteiger partial charge in [0.15, 0.2) is 0 Å². The van der Waals surface area contributed by atoms with E-state index in [0.29, 0.717) is 5.56 Å². The van der Waals surface area contributed by atoms with Gasteiger partial charge in [-0.2, -0.15) is 5.26 Å². The van der Waals surface area contributed by atoms with Gasteiger partial charge in [-0.1, -0.05) is 20.8 Å². The smallest absolute Gasteiger partial charge is 0.114 e. The number of hydrogen-bond acceptors (Lipinski definition) is 3. The zero-order chi connectivity index (χ0) is 11.5. The molecular formula is C11H13BrN2S. The Balaban J connectivity index is 2.82. The number of pyridine rings is 1.